The van der Waals surface area contributed by atoms with Crippen molar-refractivity contribution in [2.24, 2.45) is 11.3 Å². The Hall–Kier alpha value is -3.01. The van der Waals surface area contributed by atoms with Crippen LogP contribution >= 0.6 is 0 Å². The fourth-order valence-corrected chi connectivity index (χ4v) is 5.40. The number of hydrogen-bond acceptors (Lipinski definition) is 6. The van der Waals surface area contributed by atoms with E-state index in [9.17, 15) is 22.8 Å². The maximum Gasteiger partial charge on any atom is 0.491 e. The molecular formula is C28H35F3N2O5. The van der Waals surface area contributed by atoms with Crippen molar-refractivity contribution in [2.75, 3.05) is 26.2 Å². The summed E-state index contributed by atoms with van der Waals surface area (Å²) in [6.45, 7) is 10.1. The lowest BCUT2D eigenvalue weighted by Gasteiger charge is -2.43. The number of alkyl halides is 3. The van der Waals surface area contributed by atoms with E-state index in [0.29, 0.717) is 62.9 Å². The summed E-state index contributed by atoms with van der Waals surface area (Å²) in [4.78, 5) is 28.8. The predicted octanol–water partition coefficient (Wildman–Crippen LogP) is 5.49. The zero-order chi connectivity index (χ0) is 27.7. The van der Waals surface area contributed by atoms with E-state index in [2.05, 4.69) is 18.7 Å². The van der Waals surface area contributed by atoms with E-state index in [4.69, 9.17) is 13.9 Å². The van der Waals surface area contributed by atoms with Crippen LogP contribution in [0.3, 0.4) is 0 Å². The molecule has 7 nitrogen and oxygen atoms in total. The van der Waals surface area contributed by atoms with E-state index in [1.54, 1.807) is 19.9 Å². The second kappa shape index (κ2) is 11.0. The van der Waals surface area contributed by atoms with Gasteiger partial charge in [-0.1, -0.05) is 32.0 Å². The quantitative estimate of drug-likeness (QED) is 0.436. The largest absolute Gasteiger partial charge is 0.493 e. The summed E-state index contributed by atoms with van der Waals surface area (Å²) in [6, 6.07) is 9.40. The minimum absolute atomic E-state index is 0.199. The van der Waals surface area contributed by atoms with Crippen molar-refractivity contribution in [1.29, 1.82) is 0 Å². The van der Waals surface area contributed by atoms with Gasteiger partial charge in [0.15, 0.2) is 6.23 Å². The summed E-state index contributed by atoms with van der Waals surface area (Å²) in [6.07, 6.45) is -5.02. The fourth-order valence-electron chi connectivity index (χ4n) is 5.40. The molecule has 2 fully saturated rings. The van der Waals surface area contributed by atoms with Crippen LogP contribution in [-0.2, 0) is 16.1 Å². The number of furan rings is 1. The zero-order valence-corrected chi connectivity index (χ0v) is 22.3. The molecule has 1 aromatic carbocycles. The van der Waals surface area contributed by atoms with E-state index in [-0.39, 0.29) is 12.1 Å². The van der Waals surface area contributed by atoms with Gasteiger partial charge in [-0.15, -0.1) is 0 Å². The summed E-state index contributed by atoms with van der Waals surface area (Å²) in [5.41, 5.74) is 0.550. The topological polar surface area (TPSA) is 72.2 Å². The number of piperidine rings is 1. The average Bonchev–Trinajstić information content (AvgIpc) is 3.38. The Bertz CT molecular complexity index is 1150. The molecule has 2 aromatic rings. The number of carbonyl (C=O) groups excluding carboxylic acids is 2. The summed E-state index contributed by atoms with van der Waals surface area (Å²) < 4.78 is 56.2. The average molecular weight is 537 g/mol. The SMILES string of the molecule is Cc1cc(C(=O)N2CCC3(CCN(Cc4ccccc4OCC(C)C)CC3)C2OC(=O)C(F)(F)F)c(C)o1. The minimum Gasteiger partial charge on any atom is -0.493 e. The number of ether oxygens (including phenoxy) is 2. The molecule has 0 N–H and O–H groups in total. The molecule has 0 saturated carbocycles. The molecule has 0 aliphatic carbocycles. The number of aryl methyl sites for hydroxylation is 2. The van der Waals surface area contributed by atoms with Crippen LogP contribution in [0.1, 0.15) is 60.6 Å². The van der Waals surface area contributed by atoms with Crippen molar-refractivity contribution in [3.8, 4) is 5.75 Å². The molecule has 1 spiro atoms. The van der Waals surface area contributed by atoms with Gasteiger partial charge in [-0.3, -0.25) is 9.69 Å². The highest BCUT2D eigenvalue weighted by Gasteiger charge is 2.55. The van der Waals surface area contributed by atoms with Crippen molar-refractivity contribution >= 4 is 11.9 Å². The second-order valence-electron chi connectivity index (χ2n) is 10.8. The highest BCUT2D eigenvalue weighted by atomic mass is 19.4. The molecule has 4 rings (SSSR count). The third-order valence-electron chi connectivity index (χ3n) is 7.43. The maximum atomic E-state index is 13.4. The number of amides is 1. The Labute approximate surface area is 220 Å². The van der Waals surface area contributed by atoms with E-state index >= 15 is 0 Å². The van der Waals surface area contributed by atoms with Crippen LogP contribution in [0.5, 0.6) is 5.75 Å². The monoisotopic (exact) mass is 536 g/mol. The van der Waals surface area contributed by atoms with Gasteiger partial charge in [-0.2, -0.15) is 13.2 Å². The first kappa shape index (κ1) is 28.0. The van der Waals surface area contributed by atoms with E-state index in [0.717, 1.165) is 11.3 Å². The fraction of sp³-hybridized carbons (Fsp3) is 0.571. The third-order valence-corrected chi connectivity index (χ3v) is 7.43. The number of carbonyl (C=O) groups is 2. The standard InChI is InChI=1S/C28H35F3N2O5/c1-18(2)17-36-23-8-6-5-7-21(23)16-32-12-9-27(10-13-32)11-14-33(25(27)38-26(35)28(29,30)31)24(34)22-15-19(3)37-20(22)4/h5-8,15,18,25H,9-14,16-17H2,1-4H3. The summed E-state index contributed by atoms with van der Waals surface area (Å²) in [5, 5.41) is 0. The van der Waals surface area contributed by atoms with Crippen LogP contribution in [0.25, 0.3) is 0 Å². The molecular weight excluding hydrogens is 501 g/mol. The van der Waals surface area contributed by atoms with Crippen molar-refractivity contribution in [3.05, 3.63) is 53.0 Å². The van der Waals surface area contributed by atoms with Crippen LogP contribution in [0, 0.1) is 25.2 Å². The first-order chi connectivity index (χ1) is 17.9. The lowest BCUT2D eigenvalue weighted by atomic mass is 9.76. The molecule has 0 bridgehead atoms. The Morgan fingerprint density at radius 2 is 1.76 bits per heavy atom. The number of hydrogen-bond donors (Lipinski definition) is 0. The molecule has 1 aromatic heterocycles. The van der Waals surface area contributed by atoms with E-state index < -0.39 is 29.7 Å². The first-order valence-electron chi connectivity index (χ1n) is 13.0. The Kier molecular flexibility index (Phi) is 8.11. The van der Waals surface area contributed by atoms with Gasteiger partial charge in [0.2, 0.25) is 0 Å². The van der Waals surface area contributed by atoms with Crippen LogP contribution < -0.4 is 4.74 Å². The van der Waals surface area contributed by atoms with Crippen LogP contribution in [0.15, 0.2) is 34.7 Å². The molecule has 208 valence electrons. The van der Waals surface area contributed by atoms with Gasteiger partial charge >= 0.3 is 12.1 Å². The molecule has 10 heteroatoms. The number of nitrogens with zero attached hydrogens (tertiary/aromatic N) is 2. The number of halogens is 3. The summed E-state index contributed by atoms with van der Waals surface area (Å²) >= 11 is 0. The van der Waals surface area contributed by atoms with Gasteiger partial charge in [-0.25, -0.2) is 4.79 Å². The maximum absolute atomic E-state index is 13.4. The molecule has 1 atom stereocenters. The molecule has 3 heterocycles. The molecule has 1 unspecified atom stereocenters. The van der Waals surface area contributed by atoms with Gasteiger partial charge in [0.1, 0.15) is 17.3 Å². The number of likely N-dealkylation sites (tertiary alicyclic amines) is 2. The highest BCUT2D eigenvalue weighted by molar-refractivity contribution is 5.96. The molecule has 2 saturated heterocycles. The zero-order valence-electron chi connectivity index (χ0n) is 22.3. The van der Waals surface area contributed by atoms with Crippen molar-refractivity contribution in [1.82, 2.24) is 9.80 Å². The smallest absolute Gasteiger partial charge is 0.491 e. The van der Waals surface area contributed by atoms with Gasteiger partial charge in [-0.05, 0) is 64.3 Å². The van der Waals surface area contributed by atoms with E-state index in [1.165, 1.54) is 4.90 Å². The van der Waals surface area contributed by atoms with Gasteiger partial charge in [0, 0.05) is 24.1 Å². The lowest BCUT2D eigenvalue weighted by molar-refractivity contribution is -0.217. The molecule has 2 aliphatic heterocycles. The second-order valence-corrected chi connectivity index (χ2v) is 10.8. The number of para-hydroxylation sites is 1. The normalized spacial score (nSPS) is 19.8. The van der Waals surface area contributed by atoms with E-state index in [1.807, 2.05) is 24.3 Å². The van der Waals surface area contributed by atoms with Crippen LogP contribution in [0.4, 0.5) is 13.2 Å². The Balaban J connectivity index is 1.51. The Morgan fingerprint density at radius 1 is 1.11 bits per heavy atom. The number of esters is 1. The van der Waals surface area contributed by atoms with Crippen molar-refractivity contribution < 1.29 is 36.7 Å². The summed E-state index contributed by atoms with van der Waals surface area (Å²) in [7, 11) is 0. The van der Waals surface area contributed by atoms with Gasteiger partial charge in [0.25, 0.3) is 5.91 Å². The molecule has 2 aliphatic rings. The first-order valence-corrected chi connectivity index (χ1v) is 13.0. The Morgan fingerprint density at radius 3 is 2.37 bits per heavy atom. The van der Waals surface area contributed by atoms with Gasteiger partial charge in [0.05, 0.1) is 12.2 Å². The summed E-state index contributed by atoms with van der Waals surface area (Å²) in [5.74, 6) is -0.661. The number of benzene rings is 1. The molecule has 38 heavy (non-hydrogen) atoms. The van der Waals surface area contributed by atoms with Crippen LogP contribution in [0.2, 0.25) is 0 Å². The minimum atomic E-state index is -5.15. The van der Waals surface area contributed by atoms with Gasteiger partial charge < -0.3 is 18.8 Å². The van der Waals surface area contributed by atoms with Crippen molar-refractivity contribution in [2.45, 2.75) is 65.9 Å². The van der Waals surface area contributed by atoms with Crippen molar-refractivity contribution in [3.63, 3.8) is 0 Å². The number of rotatable bonds is 7. The molecule has 0 radical (unpaired) electrons. The molecule has 1 amide bonds. The predicted molar refractivity (Wildman–Crippen MR) is 133 cm³/mol. The highest BCUT2D eigenvalue weighted by Crippen LogP contribution is 2.47. The third kappa shape index (κ3) is 6.00. The lowest BCUT2D eigenvalue weighted by Crippen LogP contribution is -2.51. The van der Waals surface area contributed by atoms with Crippen LogP contribution in [-0.4, -0.2) is 60.3 Å².